The van der Waals surface area contributed by atoms with Crippen LogP contribution in [0.15, 0.2) is 40.0 Å². The fourth-order valence-electron chi connectivity index (χ4n) is 2.20. The minimum atomic E-state index is 0. The average Bonchev–Trinajstić information content (AvgIpc) is 2.96. The Morgan fingerprint density at radius 1 is 1.20 bits per heavy atom. The Morgan fingerprint density at radius 2 is 2.05 bits per heavy atom. The molecule has 0 spiro atoms. The molecule has 1 aliphatic heterocycles. The molecule has 2 heterocycles. The molecule has 4 nitrogen and oxygen atoms in total. The SMILES string of the molecule is Cl.c1ccc(-c2nnc(SCC3CCCCN3)o2)cc1. The number of rotatable bonds is 4. The summed E-state index contributed by atoms with van der Waals surface area (Å²) >= 11 is 1.64. The molecule has 108 valence electrons. The summed E-state index contributed by atoms with van der Waals surface area (Å²) in [7, 11) is 0. The first-order chi connectivity index (χ1) is 9.42. The van der Waals surface area contributed by atoms with Crippen LogP contribution in [0.25, 0.3) is 11.5 Å². The highest BCUT2D eigenvalue weighted by molar-refractivity contribution is 7.99. The molecule has 20 heavy (non-hydrogen) atoms. The number of aromatic nitrogens is 2. The summed E-state index contributed by atoms with van der Waals surface area (Å²) in [6.07, 6.45) is 3.85. The molecule has 1 N–H and O–H groups in total. The molecule has 3 rings (SSSR count). The predicted octanol–water partition coefficient (Wildman–Crippen LogP) is 3.39. The van der Waals surface area contributed by atoms with Crippen molar-refractivity contribution in [3.05, 3.63) is 30.3 Å². The van der Waals surface area contributed by atoms with Crippen LogP contribution < -0.4 is 5.32 Å². The Morgan fingerprint density at radius 3 is 2.80 bits per heavy atom. The summed E-state index contributed by atoms with van der Waals surface area (Å²) in [4.78, 5) is 0. The normalized spacial score (nSPS) is 18.5. The molecular weight excluding hydrogens is 294 g/mol. The maximum absolute atomic E-state index is 5.67. The van der Waals surface area contributed by atoms with Gasteiger partial charge in [0.15, 0.2) is 0 Å². The van der Waals surface area contributed by atoms with Gasteiger partial charge < -0.3 is 9.73 Å². The van der Waals surface area contributed by atoms with Crippen LogP contribution in [-0.4, -0.2) is 28.5 Å². The molecule has 0 amide bonds. The van der Waals surface area contributed by atoms with Gasteiger partial charge in [-0.1, -0.05) is 36.4 Å². The van der Waals surface area contributed by atoms with Crippen molar-refractivity contribution in [1.29, 1.82) is 0 Å². The van der Waals surface area contributed by atoms with E-state index < -0.39 is 0 Å². The summed E-state index contributed by atoms with van der Waals surface area (Å²) in [6, 6.07) is 10.4. The van der Waals surface area contributed by atoms with Gasteiger partial charge in [0.05, 0.1) is 0 Å². The highest BCUT2D eigenvalue weighted by atomic mass is 35.5. The molecule has 1 unspecified atom stereocenters. The third-order valence-electron chi connectivity index (χ3n) is 3.25. The number of benzene rings is 1. The van der Waals surface area contributed by atoms with Gasteiger partial charge in [0, 0.05) is 17.4 Å². The second-order valence-corrected chi connectivity index (χ2v) is 5.67. The number of thioether (sulfide) groups is 1. The lowest BCUT2D eigenvalue weighted by Crippen LogP contribution is -2.35. The monoisotopic (exact) mass is 311 g/mol. The van der Waals surface area contributed by atoms with Gasteiger partial charge in [0.2, 0.25) is 5.89 Å². The van der Waals surface area contributed by atoms with E-state index in [0.717, 1.165) is 17.9 Å². The Kier molecular flexibility index (Phi) is 5.88. The van der Waals surface area contributed by atoms with Gasteiger partial charge >= 0.3 is 0 Å². The van der Waals surface area contributed by atoms with Crippen LogP contribution in [0.1, 0.15) is 19.3 Å². The minimum Gasteiger partial charge on any atom is -0.411 e. The number of nitrogens with one attached hydrogen (secondary N) is 1. The number of nitrogens with zero attached hydrogens (tertiary/aromatic N) is 2. The van der Waals surface area contributed by atoms with Crippen molar-refractivity contribution < 1.29 is 4.42 Å². The van der Waals surface area contributed by atoms with Gasteiger partial charge in [-0.05, 0) is 31.5 Å². The van der Waals surface area contributed by atoms with Crippen molar-refractivity contribution in [2.24, 2.45) is 0 Å². The minimum absolute atomic E-state index is 0. The van der Waals surface area contributed by atoms with E-state index in [1.54, 1.807) is 11.8 Å². The Hall–Kier alpha value is -1.04. The predicted molar refractivity (Wildman–Crippen MR) is 83.3 cm³/mol. The van der Waals surface area contributed by atoms with E-state index in [9.17, 15) is 0 Å². The topological polar surface area (TPSA) is 51.0 Å². The van der Waals surface area contributed by atoms with E-state index in [-0.39, 0.29) is 12.4 Å². The highest BCUT2D eigenvalue weighted by Crippen LogP contribution is 2.24. The van der Waals surface area contributed by atoms with E-state index in [1.165, 1.54) is 19.3 Å². The number of piperidine rings is 1. The second-order valence-electron chi connectivity index (χ2n) is 4.70. The van der Waals surface area contributed by atoms with Gasteiger partial charge in [-0.3, -0.25) is 0 Å². The molecular formula is C14H18ClN3OS. The Bertz CT molecular complexity index is 514. The molecule has 0 radical (unpaired) electrons. The van der Waals surface area contributed by atoms with Crippen LogP contribution >= 0.6 is 24.2 Å². The van der Waals surface area contributed by atoms with E-state index >= 15 is 0 Å². The maximum atomic E-state index is 5.67. The molecule has 6 heteroatoms. The Labute approximate surface area is 129 Å². The first-order valence-corrected chi connectivity index (χ1v) is 7.65. The lowest BCUT2D eigenvalue weighted by Gasteiger charge is -2.22. The fourth-order valence-corrected chi connectivity index (χ4v) is 3.07. The van der Waals surface area contributed by atoms with E-state index in [2.05, 4.69) is 15.5 Å². The smallest absolute Gasteiger partial charge is 0.276 e. The lowest BCUT2D eigenvalue weighted by molar-refractivity contribution is 0.426. The van der Waals surface area contributed by atoms with E-state index in [1.807, 2.05) is 30.3 Å². The van der Waals surface area contributed by atoms with Crippen LogP contribution in [-0.2, 0) is 0 Å². The van der Waals surface area contributed by atoms with Gasteiger partial charge in [0.1, 0.15) is 0 Å². The molecule has 1 aromatic carbocycles. The summed E-state index contributed by atoms with van der Waals surface area (Å²) in [5.74, 6) is 1.59. The van der Waals surface area contributed by atoms with Crippen LogP contribution in [0.4, 0.5) is 0 Å². The maximum Gasteiger partial charge on any atom is 0.276 e. The third kappa shape index (κ3) is 3.98. The van der Waals surface area contributed by atoms with Crippen LogP contribution in [0, 0.1) is 0 Å². The first kappa shape index (κ1) is 15.4. The number of hydrogen-bond acceptors (Lipinski definition) is 5. The van der Waals surface area contributed by atoms with E-state index in [0.29, 0.717) is 17.2 Å². The standard InChI is InChI=1S/C14H17N3OS.ClH/c1-2-6-11(7-3-1)13-16-17-14(18-13)19-10-12-8-4-5-9-15-12;/h1-3,6-7,12,15H,4-5,8-10H2;1H. The van der Waals surface area contributed by atoms with Gasteiger partial charge in [-0.25, -0.2) is 0 Å². The molecule has 1 atom stereocenters. The highest BCUT2D eigenvalue weighted by Gasteiger charge is 2.15. The quantitative estimate of drug-likeness (QED) is 0.877. The summed E-state index contributed by atoms with van der Waals surface area (Å²) in [5.41, 5.74) is 0.970. The summed E-state index contributed by atoms with van der Waals surface area (Å²) < 4.78 is 5.67. The average molecular weight is 312 g/mol. The van der Waals surface area contributed by atoms with Crippen molar-refractivity contribution in [2.45, 2.75) is 30.5 Å². The number of hydrogen-bond donors (Lipinski definition) is 1. The van der Waals surface area contributed by atoms with Crippen LogP contribution in [0.3, 0.4) is 0 Å². The second kappa shape index (κ2) is 7.67. The summed E-state index contributed by atoms with van der Waals surface area (Å²) in [6.45, 7) is 1.13. The molecule has 0 saturated carbocycles. The zero-order valence-corrected chi connectivity index (χ0v) is 12.8. The first-order valence-electron chi connectivity index (χ1n) is 6.67. The summed E-state index contributed by atoms with van der Waals surface area (Å²) in [5, 5.41) is 12.4. The third-order valence-corrected chi connectivity index (χ3v) is 4.23. The van der Waals surface area contributed by atoms with Crippen molar-refractivity contribution in [1.82, 2.24) is 15.5 Å². The molecule has 1 aliphatic rings. The molecule has 1 aromatic heterocycles. The number of halogens is 1. The van der Waals surface area contributed by atoms with Gasteiger partial charge in [0.25, 0.3) is 5.22 Å². The largest absolute Gasteiger partial charge is 0.411 e. The lowest BCUT2D eigenvalue weighted by atomic mass is 10.1. The fraction of sp³-hybridized carbons (Fsp3) is 0.429. The molecule has 1 fully saturated rings. The molecule has 0 aliphatic carbocycles. The van der Waals surface area contributed by atoms with Crippen molar-refractivity contribution >= 4 is 24.2 Å². The van der Waals surface area contributed by atoms with Crippen LogP contribution in [0.2, 0.25) is 0 Å². The zero-order valence-electron chi connectivity index (χ0n) is 11.1. The zero-order chi connectivity index (χ0) is 12.9. The molecule has 0 bridgehead atoms. The molecule has 2 aromatic rings. The van der Waals surface area contributed by atoms with Crippen molar-refractivity contribution in [3.63, 3.8) is 0 Å². The van der Waals surface area contributed by atoms with Crippen LogP contribution in [0.5, 0.6) is 0 Å². The molecule has 1 saturated heterocycles. The van der Waals surface area contributed by atoms with Gasteiger partial charge in [-0.15, -0.1) is 22.6 Å². The van der Waals surface area contributed by atoms with Crippen molar-refractivity contribution in [2.75, 3.05) is 12.3 Å². The van der Waals surface area contributed by atoms with Gasteiger partial charge in [-0.2, -0.15) is 0 Å². The Balaban J connectivity index is 0.00000147. The van der Waals surface area contributed by atoms with Crippen molar-refractivity contribution in [3.8, 4) is 11.5 Å². The van der Waals surface area contributed by atoms with E-state index in [4.69, 9.17) is 4.42 Å².